The van der Waals surface area contributed by atoms with Crippen molar-refractivity contribution >= 4 is 23.3 Å². The van der Waals surface area contributed by atoms with Crippen molar-refractivity contribution < 1.29 is 19.4 Å². The van der Waals surface area contributed by atoms with Gasteiger partial charge in [0.1, 0.15) is 6.61 Å². The zero-order chi connectivity index (χ0) is 14.1. The Morgan fingerprint density at radius 3 is 2.89 bits per heavy atom. The Balaban J connectivity index is 2.21. The van der Waals surface area contributed by atoms with Crippen LogP contribution in [0.4, 0.5) is 4.79 Å². The number of rotatable bonds is 8. The van der Waals surface area contributed by atoms with Crippen molar-refractivity contribution in [2.75, 3.05) is 19.8 Å². The minimum absolute atomic E-state index is 0.0000575. The number of carboxylic acid groups (broad SMARTS) is 1. The van der Waals surface area contributed by atoms with Gasteiger partial charge in [0.05, 0.1) is 12.6 Å². The van der Waals surface area contributed by atoms with E-state index < -0.39 is 5.97 Å². The Hall–Kier alpha value is -1.60. The SMILES string of the molecule is CCC(NC(=O)NCCOCC(=O)O)c1cccs1. The predicted molar refractivity (Wildman–Crippen MR) is 72.3 cm³/mol. The van der Waals surface area contributed by atoms with Gasteiger partial charge in [0.15, 0.2) is 0 Å². The summed E-state index contributed by atoms with van der Waals surface area (Å²) in [7, 11) is 0. The molecule has 0 fully saturated rings. The van der Waals surface area contributed by atoms with Crippen LogP contribution in [0.15, 0.2) is 17.5 Å². The fraction of sp³-hybridized carbons (Fsp3) is 0.500. The van der Waals surface area contributed by atoms with Gasteiger partial charge >= 0.3 is 12.0 Å². The Morgan fingerprint density at radius 1 is 1.53 bits per heavy atom. The van der Waals surface area contributed by atoms with Crippen LogP contribution in [0.1, 0.15) is 24.3 Å². The number of urea groups is 1. The smallest absolute Gasteiger partial charge is 0.329 e. The van der Waals surface area contributed by atoms with Crippen molar-refractivity contribution in [1.82, 2.24) is 10.6 Å². The summed E-state index contributed by atoms with van der Waals surface area (Å²) in [5.74, 6) is -1.02. The largest absolute Gasteiger partial charge is 0.480 e. The highest BCUT2D eigenvalue weighted by atomic mass is 32.1. The van der Waals surface area contributed by atoms with Gasteiger partial charge in [0.2, 0.25) is 0 Å². The molecule has 0 aromatic carbocycles. The van der Waals surface area contributed by atoms with Crippen LogP contribution >= 0.6 is 11.3 Å². The highest BCUT2D eigenvalue weighted by Crippen LogP contribution is 2.21. The zero-order valence-corrected chi connectivity index (χ0v) is 11.5. The van der Waals surface area contributed by atoms with Gasteiger partial charge in [0.25, 0.3) is 0 Å². The number of ether oxygens (including phenoxy) is 1. The van der Waals surface area contributed by atoms with Gasteiger partial charge in [-0.3, -0.25) is 0 Å². The number of carbonyl (C=O) groups is 2. The second kappa shape index (κ2) is 8.49. The van der Waals surface area contributed by atoms with Crippen molar-refractivity contribution in [2.24, 2.45) is 0 Å². The molecule has 2 amide bonds. The molecule has 1 aromatic rings. The third kappa shape index (κ3) is 6.21. The summed E-state index contributed by atoms with van der Waals surface area (Å²) in [5, 5.41) is 15.8. The first-order valence-electron chi connectivity index (χ1n) is 6.00. The molecule has 3 N–H and O–H groups in total. The molecule has 1 atom stereocenters. The summed E-state index contributed by atoms with van der Waals surface area (Å²) >= 11 is 1.60. The van der Waals surface area contributed by atoms with Gasteiger partial charge in [-0.15, -0.1) is 11.3 Å². The van der Waals surface area contributed by atoms with Crippen LogP contribution in [0, 0.1) is 0 Å². The van der Waals surface area contributed by atoms with E-state index in [1.807, 2.05) is 24.4 Å². The third-order valence-electron chi connectivity index (χ3n) is 2.36. The van der Waals surface area contributed by atoms with Crippen LogP contribution in [-0.4, -0.2) is 36.9 Å². The number of aliphatic carboxylic acids is 1. The van der Waals surface area contributed by atoms with Crippen molar-refractivity contribution in [1.29, 1.82) is 0 Å². The standard InChI is InChI=1S/C12H18N2O4S/c1-2-9(10-4-3-7-19-10)14-12(17)13-5-6-18-8-11(15)16/h3-4,7,9H,2,5-6,8H2,1H3,(H,15,16)(H2,13,14,17). The van der Waals surface area contributed by atoms with Crippen LogP contribution in [0.2, 0.25) is 0 Å². The molecule has 106 valence electrons. The molecule has 19 heavy (non-hydrogen) atoms. The maximum absolute atomic E-state index is 11.6. The number of thiophene rings is 1. The number of carboxylic acids is 1. The van der Waals surface area contributed by atoms with Gasteiger partial charge in [-0.25, -0.2) is 9.59 Å². The molecule has 0 radical (unpaired) electrons. The fourth-order valence-electron chi connectivity index (χ4n) is 1.47. The van der Waals surface area contributed by atoms with Crippen LogP contribution in [0.5, 0.6) is 0 Å². The normalized spacial score (nSPS) is 11.8. The molecular formula is C12H18N2O4S. The van der Waals surface area contributed by atoms with Crippen LogP contribution in [0.25, 0.3) is 0 Å². The number of hydrogen-bond acceptors (Lipinski definition) is 4. The highest BCUT2D eigenvalue weighted by Gasteiger charge is 2.12. The second-order valence-corrected chi connectivity index (χ2v) is 4.80. The van der Waals surface area contributed by atoms with Gasteiger partial charge in [-0.1, -0.05) is 13.0 Å². The number of hydrogen-bond donors (Lipinski definition) is 3. The maximum Gasteiger partial charge on any atom is 0.329 e. The number of nitrogens with one attached hydrogen (secondary N) is 2. The molecule has 1 heterocycles. The van der Waals surface area contributed by atoms with E-state index in [2.05, 4.69) is 10.6 Å². The molecule has 0 aliphatic heterocycles. The molecule has 0 spiro atoms. The minimum atomic E-state index is -1.02. The van der Waals surface area contributed by atoms with E-state index >= 15 is 0 Å². The average molecular weight is 286 g/mol. The van der Waals surface area contributed by atoms with Gasteiger partial charge in [-0.2, -0.15) is 0 Å². The fourth-order valence-corrected chi connectivity index (χ4v) is 2.33. The number of amides is 2. The van der Waals surface area contributed by atoms with E-state index in [0.29, 0.717) is 0 Å². The quantitative estimate of drug-likeness (QED) is 0.633. The van der Waals surface area contributed by atoms with E-state index in [9.17, 15) is 9.59 Å². The van der Waals surface area contributed by atoms with E-state index in [-0.39, 0.29) is 31.8 Å². The molecular weight excluding hydrogens is 268 g/mol. The van der Waals surface area contributed by atoms with Crippen LogP contribution < -0.4 is 10.6 Å². The lowest BCUT2D eigenvalue weighted by Crippen LogP contribution is -2.39. The van der Waals surface area contributed by atoms with E-state index in [0.717, 1.165) is 11.3 Å². The zero-order valence-electron chi connectivity index (χ0n) is 10.7. The summed E-state index contributed by atoms with van der Waals surface area (Å²) in [6, 6.07) is 3.65. The first kappa shape index (κ1) is 15.5. The van der Waals surface area contributed by atoms with Gasteiger partial charge in [0, 0.05) is 11.4 Å². The van der Waals surface area contributed by atoms with Gasteiger partial charge in [-0.05, 0) is 17.9 Å². The Bertz CT molecular complexity index is 394. The Kier molecular flexibility index (Phi) is 6.91. The predicted octanol–water partition coefficient (Wildman–Crippen LogP) is 1.60. The average Bonchev–Trinajstić information content (AvgIpc) is 2.88. The van der Waals surface area contributed by atoms with E-state index in [4.69, 9.17) is 9.84 Å². The summed E-state index contributed by atoms with van der Waals surface area (Å²) in [4.78, 5) is 22.9. The second-order valence-electron chi connectivity index (χ2n) is 3.82. The maximum atomic E-state index is 11.6. The molecule has 0 saturated heterocycles. The summed E-state index contributed by atoms with van der Waals surface area (Å²) in [6.45, 7) is 2.10. The van der Waals surface area contributed by atoms with Crippen molar-refractivity contribution in [3.05, 3.63) is 22.4 Å². The molecule has 7 heteroatoms. The van der Waals surface area contributed by atoms with Crippen molar-refractivity contribution in [3.63, 3.8) is 0 Å². The minimum Gasteiger partial charge on any atom is -0.480 e. The molecule has 0 aliphatic rings. The Labute approximate surface area is 115 Å². The molecule has 6 nitrogen and oxygen atoms in total. The highest BCUT2D eigenvalue weighted by molar-refractivity contribution is 7.10. The summed E-state index contributed by atoms with van der Waals surface area (Å²) in [6.07, 6.45) is 0.809. The lowest BCUT2D eigenvalue weighted by atomic mass is 10.2. The first-order chi connectivity index (χ1) is 9.13. The molecule has 1 rings (SSSR count). The van der Waals surface area contributed by atoms with E-state index in [1.165, 1.54) is 0 Å². The molecule has 1 aromatic heterocycles. The van der Waals surface area contributed by atoms with Crippen molar-refractivity contribution in [2.45, 2.75) is 19.4 Å². The molecule has 0 saturated carbocycles. The lowest BCUT2D eigenvalue weighted by molar-refractivity contribution is -0.142. The summed E-state index contributed by atoms with van der Waals surface area (Å²) in [5.41, 5.74) is 0. The monoisotopic (exact) mass is 286 g/mol. The molecule has 1 unspecified atom stereocenters. The molecule has 0 aliphatic carbocycles. The molecule has 0 bridgehead atoms. The van der Waals surface area contributed by atoms with Gasteiger partial charge < -0.3 is 20.5 Å². The summed E-state index contributed by atoms with van der Waals surface area (Å²) < 4.78 is 4.81. The third-order valence-corrected chi connectivity index (χ3v) is 3.34. The number of carbonyl (C=O) groups excluding carboxylic acids is 1. The lowest BCUT2D eigenvalue weighted by Gasteiger charge is -2.16. The van der Waals surface area contributed by atoms with Crippen molar-refractivity contribution in [3.8, 4) is 0 Å². The first-order valence-corrected chi connectivity index (χ1v) is 6.88. The van der Waals surface area contributed by atoms with Crippen LogP contribution in [0.3, 0.4) is 0 Å². The Morgan fingerprint density at radius 2 is 2.32 bits per heavy atom. The van der Waals surface area contributed by atoms with Crippen LogP contribution in [-0.2, 0) is 9.53 Å². The van der Waals surface area contributed by atoms with E-state index in [1.54, 1.807) is 11.3 Å². The topological polar surface area (TPSA) is 87.7 Å².